The average molecular weight is 353 g/mol. The lowest BCUT2D eigenvalue weighted by Crippen LogP contribution is -2.36. The number of hydrogen-bond acceptors (Lipinski definition) is 1. The third-order valence-corrected chi connectivity index (χ3v) is 5.52. The van der Waals surface area contributed by atoms with Crippen LogP contribution in [0.25, 0.3) is 0 Å². The first-order chi connectivity index (χ1) is 12.8. The number of unbranched alkanes of at least 4 members (excludes halogenated alkanes) is 2. The molecule has 0 aliphatic heterocycles. The summed E-state index contributed by atoms with van der Waals surface area (Å²) in [5.41, 5.74) is 2.53. The molecule has 1 fully saturated rings. The van der Waals surface area contributed by atoms with Crippen LogP contribution in [0.15, 0.2) is 48.7 Å². The summed E-state index contributed by atoms with van der Waals surface area (Å²) in [5.74, 6) is 0.639. The molecule has 140 valence electrons. The molecule has 3 rings (SSSR count). The molecule has 1 aromatic carbocycles. The second kappa shape index (κ2) is 9.61. The van der Waals surface area contributed by atoms with E-state index in [-0.39, 0.29) is 5.92 Å². The predicted molar refractivity (Wildman–Crippen MR) is 107 cm³/mol. The van der Waals surface area contributed by atoms with Gasteiger partial charge < -0.3 is 9.47 Å². The third-order valence-electron chi connectivity index (χ3n) is 5.52. The van der Waals surface area contributed by atoms with Crippen LogP contribution in [0.5, 0.6) is 0 Å². The highest BCUT2D eigenvalue weighted by atomic mass is 16.2. The van der Waals surface area contributed by atoms with Crippen molar-refractivity contribution in [1.29, 1.82) is 0 Å². The fraction of sp³-hybridized carbons (Fsp3) is 0.522. The number of amides is 1. The maximum atomic E-state index is 13.1. The van der Waals surface area contributed by atoms with Crippen LogP contribution in [0, 0.1) is 5.92 Å². The summed E-state index contributed by atoms with van der Waals surface area (Å²) in [6.07, 6.45) is 10.2. The zero-order valence-corrected chi connectivity index (χ0v) is 16.1. The Morgan fingerprint density at radius 3 is 2.58 bits per heavy atom. The van der Waals surface area contributed by atoms with E-state index in [1.54, 1.807) is 0 Å². The summed E-state index contributed by atoms with van der Waals surface area (Å²) in [6, 6.07) is 14.8. The van der Waals surface area contributed by atoms with Gasteiger partial charge in [0.05, 0.1) is 6.54 Å². The van der Waals surface area contributed by atoms with Crippen LogP contribution in [0.4, 0.5) is 0 Å². The third kappa shape index (κ3) is 5.00. The van der Waals surface area contributed by atoms with Gasteiger partial charge >= 0.3 is 0 Å². The molecule has 3 heteroatoms. The van der Waals surface area contributed by atoms with Gasteiger partial charge in [-0.3, -0.25) is 4.79 Å². The molecular formula is C23H32N2O. The first-order valence-corrected chi connectivity index (χ1v) is 10.2. The summed E-state index contributed by atoms with van der Waals surface area (Å²) in [6.45, 7) is 4.70. The Morgan fingerprint density at radius 2 is 1.85 bits per heavy atom. The maximum Gasteiger partial charge on any atom is 0.226 e. The summed E-state index contributed by atoms with van der Waals surface area (Å²) < 4.78 is 2.28. The van der Waals surface area contributed by atoms with Gasteiger partial charge in [0.1, 0.15) is 0 Å². The van der Waals surface area contributed by atoms with E-state index in [2.05, 4.69) is 65.1 Å². The van der Waals surface area contributed by atoms with Crippen LogP contribution in [0.2, 0.25) is 0 Å². The summed E-state index contributed by atoms with van der Waals surface area (Å²) in [4.78, 5) is 15.2. The van der Waals surface area contributed by atoms with Gasteiger partial charge in [0.2, 0.25) is 5.91 Å². The van der Waals surface area contributed by atoms with E-state index >= 15 is 0 Å². The minimum absolute atomic E-state index is 0.258. The van der Waals surface area contributed by atoms with Crippen molar-refractivity contribution < 1.29 is 4.79 Å². The molecule has 0 atom stereocenters. The lowest BCUT2D eigenvalue weighted by Gasteiger charge is -2.26. The molecular weight excluding hydrogens is 320 g/mol. The number of hydrogen-bond donors (Lipinski definition) is 0. The molecule has 1 heterocycles. The van der Waals surface area contributed by atoms with Gasteiger partial charge in [-0.25, -0.2) is 0 Å². The Morgan fingerprint density at radius 1 is 1.08 bits per heavy atom. The van der Waals surface area contributed by atoms with E-state index < -0.39 is 0 Å². The van der Waals surface area contributed by atoms with Crippen molar-refractivity contribution in [2.75, 3.05) is 6.54 Å². The van der Waals surface area contributed by atoms with Gasteiger partial charge in [-0.1, -0.05) is 62.9 Å². The molecule has 3 nitrogen and oxygen atoms in total. The number of benzene rings is 1. The van der Waals surface area contributed by atoms with Gasteiger partial charge in [0, 0.05) is 30.9 Å². The molecule has 1 aliphatic rings. The minimum atomic E-state index is 0.258. The molecule has 1 saturated carbocycles. The molecule has 1 aliphatic carbocycles. The number of carbonyl (C=O) groups excluding carboxylic acids is 1. The summed E-state index contributed by atoms with van der Waals surface area (Å²) >= 11 is 0. The highest BCUT2D eigenvalue weighted by molar-refractivity contribution is 5.79. The fourth-order valence-electron chi connectivity index (χ4n) is 3.97. The lowest BCUT2D eigenvalue weighted by molar-refractivity contribution is -0.136. The second-order valence-corrected chi connectivity index (χ2v) is 7.56. The lowest BCUT2D eigenvalue weighted by atomic mass is 10.1. The second-order valence-electron chi connectivity index (χ2n) is 7.56. The molecule has 0 unspecified atom stereocenters. The van der Waals surface area contributed by atoms with Gasteiger partial charge in [0.15, 0.2) is 0 Å². The van der Waals surface area contributed by atoms with Crippen LogP contribution >= 0.6 is 0 Å². The highest BCUT2D eigenvalue weighted by Gasteiger charge is 2.27. The molecule has 2 aromatic rings. The van der Waals surface area contributed by atoms with E-state index in [4.69, 9.17) is 0 Å². The Hall–Kier alpha value is -2.03. The molecule has 0 saturated heterocycles. The highest BCUT2D eigenvalue weighted by Crippen LogP contribution is 2.27. The van der Waals surface area contributed by atoms with Gasteiger partial charge in [0.25, 0.3) is 0 Å². The number of carbonyl (C=O) groups is 1. The number of aromatic nitrogens is 1. The van der Waals surface area contributed by atoms with Crippen molar-refractivity contribution in [2.45, 2.75) is 65.0 Å². The van der Waals surface area contributed by atoms with Crippen molar-refractivity contribution >= 4 is 5.91 Å². The number of rotatable bonds is 9. The van der Waals surface area contributed by atoms with Crippen LogP contribution in [-0.4, -0.2) is 21.9 Å². The topological polar surface area (TPSA) is 25.2 Å². The zero-order valence-electron chi connectivity index (χ0n) is 16.1. The van der Waals surface area contributed by atoms with Crippen molar-refractivity contribution in [3.05, 3.63) is 59.9 Å². The van der Waals surface area contributed by atoms with Crippen LogP contribution in [0.1, 0.15) is 63.1 Å². The van der Waals surface area contributed by atoms with E-state index in [0.717, 1.165) is 38.9 Å². The van der Waals surface area contributed by atoms with E-state index in [1.807, 2.05) is 0 Å². The Bertz CT molecular complexity index is 671. The Kier molecular flexibility index (Phi) is 6.93. The zero-order chi connectivity index (χ0) is 18.2. The van der Waals surface area contributed by atoms with Crippen molar-refractivity contribution in [3.8, 4) is 0 Å². The van der Waals surface area contributed by atoms with Gasteiger partial charge in [-0.2, -0.15) is 0 Å². The van der Waals surface area contributed by atoms with E-state index in [1.165, 1.54) is 36.9 Å². The maximum absolute atomic E-state index is 13.1. The van der Waals surface area contributed by atoms with E-state index in [9.17, 15) is 4.79 Å². The minimum Gasteiger partial charge on any atom is -0.345 e. The van der Waals surface area contributed by atoms with Gasteiger partial charge in [-0.05, 0) is 37.0 Å². The summed E-state index contributed by atoms with van der Waals surface area (Å²) in [7, 11) is 0. The molecule has 1 amide bonds. The molecule has 0 spiro atoms. The van der Waals surface area contributed by atoms with Crippen molar-refractivity contribution in [2.24, 2.45) is 5.92 Å². The normalized spacial score (nSPS) is 14.7. The molecule has 1 aromatic heterocycles. The van der Waals surface area contributed by atoms with Crippen molar-refractivity contribution in [1.82, 2.24) is 9.47 Å². The molecule has 0 bridgehead atoms. The standard InChI is InChI=1S/C23H32N2O/c1-2-3-9-16-25(23(26)21-13-7-8-14-21)19-22-15-10-17-24(22)18-20-11-5-4-6-12-20/h4-6,10-12,15,17,21H,2-3,7-9,13-14,16,18-19H2,1H3. The average Bonchev–Trinajstić information content (AvgIpc) is 3.34. The molecule has 0 radical (unpaired) electrons. The fourth-order valence-corrected chi connectivity index (χ4v) is 3.97. The SMILES string of the molecule is CCCCCN(Cc1cccn1Cc1ccccc1)C(=O)C1CCCC1. The Labute approximate surface area is 158 Å². The molecule has 0 N–H and O–H groups in total. The van der Waals surface area contributed by atoms with Crippen LogP contribution in [-0.2, 0) is 17.9 Å². The van der Waals surface area contributed by atoms with Crippen LogP contribution < -0.4 is 0 Å². The van der Waals surface area contributed by atoms with E-state index in [0.29, 0.717) is 5.91 Å². The Balaban J connectivity index is 1.69. The van der Waals surface area contributed by atoms with Crippen molar-refractivity contribution in [3.63, 3.8) is 0 Å². The van der Waals surface area contributed by atoms with Gasteiger partial charge in [-0.15, -0.1) is 0 Å². The van der Waals surface area contributed by atoms with Crippen LogP contribution in [0.3, 0.4) is 0 Å². The first-order valence-electron chi connectivity index (χ1n) is 10.2. The number of nitrogens with zero attached hydrogens (tertiary/aromatic N) is 2. The largest absolute Gasteiger partial charge is 0.345 e. The monoisotopic (exact) mass is 352 g/mol. The first kappa shape index (κ1) is 18.8. The summed E-state index contributed by atoms with van der Waals surface area (Å²) in [5, 5.41) is 0. The predicted octanol–water partition coefficient (Wildman–Crippen LogP) is 5.25. The quantitative estimate of drug-likeness (QED) is 0.566. The molecule has 26 heavy (non-hydrogen) atoms. The smallest absolute Gasteiger partial charge is 0.226 e.